The molecule has 0 radical (unpaired) electrons. The molecule has 2 N–H and O–H groups in total. The quantitative estimate of drug-likeness (QED) is 0.537. The normalized spacial score (nSPS) is 13.1. The van der Waals surface area contributed by atoms with Crippen LogP contribution in [-0.2, 0) is 10.4 Å². The number of amides is 1. The van der Waals surface area contributed by atoms with Gasteiger partial charge in [0, 0.05) is 17.3 Å². The Morgan fingerprint density at radius 3 is 2.80 bits per heavy atom. The van der Waals surface area contributed by atoms with Crippen LogP contribution in [0.4, 0.5) is 4.39 Å². The number of rotatable bonds is 7. The molecule has 0 fully saturated rings. The highest BCUT2D eigenvalue weighted by Crippen LogP contribution is 2.25. The second-order valence-corrected chi connectivity index (χ2v) is 7.25. The number of nitrogens with one attached hydrogen (secondary N) is 1. The Hall–Kier alpha value is -3.22. The van der Waals surface area contributed by atoms with Crippen LogP contribution in [0, 0.1) is 5.82 Å². The van der Waals surface area contributed by atoms with Gasteiger partial charge in [-0.15, -0.1) is 0 Å². The summed E-state index contributed by atoms with van der Waals surface area (Å²) in [6.07, 6.45) is 5.82. The maximum Gasteiger partial charge on any atom is 0.244 e. The highest BCUT2D eigenvalue weighted by atomic mass is 35.5. The first-order valence-electron chi connectivity index (χ1n) is 9.15. The van der Waals surface area contributed by atoms with Gasteiger partial charge in [0.25, 0.3) is 0 Å². The highest BCUT2D eigenvalue weighted by Gasteiger charge is 2.23. The molecular formula is C23H20ClFN2O3. The Morgan fingerprint density at radius 2 is 2.10 bits per heavy atom. The Balaban J connectivity index is 1.58. The van der Waals surface area contributed by atoms with Crippen molar-refractivity contribution in [1.82, 2.24) is 10.3 Å². The van der Waals surface area contributed by atoms with Crippen molar-refractivity contribution < 1.29 is 19.0 Å². The standard InChI is InChI=1S/C23H20ClFN2O3/c1-23(29,17-4-2-5-18(24)13-17)15-27-22(28)10-8-16-7-9-21(20(25)12-16)30-19-6-3-11-26-14-19/h2-14,29H,15H2,1H3,(H,27,28)/b10-8+. The molecule has 0 aliphatic rings. The van der Waals surface area contributed by atoms with E-state index in [-0.39, 0.29) is 12.3 Å². The van der Waals surface area contributed by atoms with Crippen molar-refractivity contribution >= 4 is 23.6 Å². The maximum absolute atomic E-state index is 14.3. The predicted octanol–water partition coefficient (Wildman–Crippen LogP) is 4.70. The third kappa shape index (κ3) is 5.89. The van der Waals surface area contributed by atoms with Gasteiger partial charge in [-0.25, -0.2) is 4.39 Å². The third-order valence-electron chi connectivity index (χ3n) is 4.30. The minimum Gasteiger partial charge on any atom is -0.453 e. The van der Waals surface area contributed by atoms with Crippen molar-refractivity contribution in [3.63, 3.8) is 0 Å². The summed E-state index contributed by atoms with van der Waals surface area (Å²) in [6.45, 7) is 1.57. The summed E-state index contributed by atoms with van der Waals surface area (Å²) in [6, 6.07) is 14.5. The van der Waals surface area contributed by atoms with Gasteiger partial charge in [0.05, 0.1) is 12.7 Å². The number of hydrogen-bond acceptors (Lipinski definition) is 4. The molecule has 0 aliphatic carbocycles. The van der Waals surface area contributed by atoms with Crippen LogP contribution in [0.25, 0.3) is 6.08 Å². The van der Waals surface area contributed by atoms with E-state index < -0.39 is 17.3 Å². The van der Waals surface area contributed by atoms with Gasteiger partial charge in [-0.2, -0.15) is 0 Å². The molecule has 0 saturated carbocycles. The zero-order valence-electron chi connectivity index (χ0n) is 16.2. The van der Waals surface area contributed by atoms with Crippen molar-refractivity contribution in [3.8, 4) is 11.5 Å². The van der Waals surface area contributed by atoms with Crippen LogP contribution < -0.4 is 10.1 Å². The molecule has 0 bridgehead atoms. The minimum absolute atomic E-state index is 0.0111. The van der Waals surface area contributed by atoms with Gasteiger partial charge in [-0.3, -0.25) is 9.78 Å². The molecule has 0 aliphatic heterocycles. The van der Waals surface area contributed by atoms with Gasteiger partial charge in [-0.1, -0.05) is 29.8 Å². The Kier molecular flexibility index (Phi) is 6.82. The van der Waals surface area contributed by atoms with Gasteiger partial charge < -0.3 is 15.2 Å². The van der Waals surface area contributed by atoms with Crippen LogP contribution in [0.2, 0.25) is 5.02 Å². The maximum atomic E-state index is 14.3. The zero-order valence-corrected chi connectivity index (χ0v) is 16.9. The first-order chi connectivity index (χ1) is 14.3. The molecule has 2 aromatic carbocycles. The molecular weight excluding hydrogens is 407 g/mol. The number of hydrogen-bond donors (Lipinski definition) is 2. The van der Waals surface area contributed by atoms with Gasteiger partial charge in [0.15, 0.2) is 11.6 Å². The summed E-state index contributed by atoms with van der Waals surface area (Å²) >= 11 is 5.95. The molecule has 1 aromatic heterocycles. The predicted molar refractivity (Wildman–Crippen MR) is 114 cm³/mol. The minimum atomic E-state index is -1.29. The average molecular weight is 427 g/mol. The van der Waals surface area contributed by atoms with Crippen molar-refractivity contribution in [2.45, 2.75) is 12.5 Å². The van der Waals surface area contributed by atoms with E-state index in [1.807, 2.05) is 0 Å². The second-order valence-electron chi connectivity index (χ2n) is 6.82. The number of ether oxygens (including phenoxy) is 1. The lowest BCUT2D eigenvalue weighted by atomic mass is 9.96. The van der Waals surface area contributed by atoms with Crippen LogP contribution in [-0.4, -0.2) is 22.5 Å². The van der Waals surface area contributed by atoms with Gasteiger partial charge >= 0.3 is 0 Å². The molecule has 3 rings (SSSR count). The first kappa shape index (κ1) is 21.5. The lowest BCUT2D eigenvalue weighted by molar-refractivity contribution is -0.117. The smallest absolute Gasteiger partial charge is 0.244 e. The number of benzene rings is 2. The summed E-state index contributed by atoms with van der Waals surface area (Å²) in [5.74, 6) is -0.508. The van der Waals surface area contributed by atoms with Crippen LogP contribution in [0.15, 0.2) is 73.1 Å². The Labute approximate surface area is 178 Å². The van der Waals surface area contributed by atoms with Crippen LogP contribution in [0.5, 0.6) is 11.5 Å². The molecule has 1 amide bonds. The summed E-state index contributed by atoms with van der Waals surface area (Å²) in [4.78, 5) is 16.0. The number of nitrogens with zero attached hydrogens (tertiary/aromatic N) is 1. The molecule has 1 atom stereocenters. The van der Waals surface area contributed by atoms with Gasteiger partial charge in [0.2, 0.25) is 5.91 Å². The molecule has 0 saturated heterocycles. The SMILES string of the molecule is CC(O)(CNC(=O)/C=C/c1ccc(Oc2cccnc2)c(F)c1)c1cccc(Cl)c1. The molecule has 0 spiro atoms. The summed E-state index contributed by atoms with van der Waals surface area (Å²) in [5.41, 5.74) is -0.209. The van der Waals surface area contributed by atoms with Crippen molar-refractivity contribution in [2.24, 2.45) is 0 Å². The van der Waals surface area contributed by atoms with E-state index in [2.05, 4.69) is 10.3 Å². The van der Waals surface area contributed by atoms with Crippen LogP contribution in [0.1, 0.15) is 18.1 Å². The summed E-state index contributed by atoms with van der Waals surface area (Å²) in [5, 5.41) is 13.7. The highest BCUT2D eigenvalue weighted by molar-refractivity contribution is 6.30. The number of aromatic nitrogens is 1. The van der Waals surface area contributed by atoms with E-state index in [0.29, 0.717) is 21.9 Å². The van der Waals surface area contributed by atoms with E-state index in [9.17, 15) is 14.3 Å². The molecule has 1 unspecified atom stereocenters. The second kappa shape index (κ2) is 9.52. The number of pyridine rings is 1. The average Bonchev–Trinajstić information content (AvgIpc) is 2.73. The van der Waals surface area contributed by atoms with Crippen molar-refractivity contribution in [2.75, 3.05) is 6.54 Å². The fourth-order valence-electron chi connectivity index (χ4n) is 2.65. The fourth-order valence-corrected chi connectivity index (χ4v) is 2.84. The number of halogens is 2. The largest absolute Gasteiger partial charge is 0.453 e. The van der Waals surface area contributed by atoms with Crippen molar-refractivity contribution in [1.29, 1.82) is 0 Å². The first-order valence-corrected chi connectivity index (χ1v) is 9.53. The van der Waals surface area contributed by atoms with E-state index >= 15 is 0 Å². The third-order valence-corrected chi connectivity index (χ3v) is 4.53. The van der Waals surface area contributed by atoms with E-state index in [1.54, 1.807) is 55.6 Å². The fraction of sp³-hybridized carbons (Fsp3) is 0.130. The van der Waals surface area contributed by atoms with Gasteiger partial charge in [0.1, 0.15) is 11.4 Å². The van der Waals surface area contributed by atoms with Gasteiger partial charge in [-0.05, 0) is 60.5 Å². The molecule has 30 heavy (non-hydrogen) atoms. The Bertz CT molecular complexity index is 1060. The number of carbonyl (C=O) groups excluding carboxylic acids is 1. The van der Waals surface area contributed by atoms with Crippen LogP contribution in [0.3, 0.4) is 0 Å². The molecule has 7 heteroatoms. The number of carbonyl (C=O) groups is 1. The van der Waals surface area contributed by atoms with E-state index in [0.717, 1.165) is 0 Å². The molecule has 3 aromatic rings. The topological polar surface area (TPSA) is 71.5 Å². The zero-order chi connectivity index (χ0) is 21.6. The monoisotopic (exact) mass is 426 g/mol. The molecule has 1 heterocycles. The molecule has 5 nitrogen and oxygen atoms in total. The van der Waals surface area contributed by atoms with Crippen LogP contribution >= 0.6 is 11.6 Å². The number of aliphatic hydroxyl groups is 1. The van der Waals surface area contributed by atoms with E-state index in [1.165, 1.54) is 30.5 Å². The lowest BCUT2D eigenvalue weighted by Gasteiger charge is -2.24. The van der Waals surface area contributed by atoms with Crippen molar-refractivity contribution in [3.05, 3.63) is 95.0 Å². The summed E-state index contributed by atoms with van der Waals surface area (Å²) in [7, 11) is 0. The molecule has 154 valence electrons. The summed E-state index contributed by atoms with van der Waals surface area (Å²) < 4.78 is 19.7. The lowest BCUT2D eigenvalue weighted by Crippen LogP contribution is -2.37. The van der Waals surface area contributed by atoms with E-state index in [4.69, 9.17) is 16.3 Å². The Morgan fingerprint density at radius 1 is 1.27 bits per heavy atom.